The summed E-state index contributed by atoms with van der Waals surface area (Å²) in [7, 11) is 0. The van der Waals surface area contributed by atoms with E-state index >= 15 is 0 Å². The third kappa shape index (κ3) is 8.44. The summed E-state index contributed by atoms with van der Waals surface area (Å²) in [6.45, 7) is 8.47. The first-order chi connectivity index (χ1) is 18.5. The van der Waals surface area contributed by atoms with Crippen LogP contribution in [0.5, 0.6) is 0 Å². The van der Waals surface area contributed by atoms with Crippen LogP contribution in [0.1, 0.15) is 108 Å². The lowest BCUT2D eigenvalue weighted by Gasteiger charge is -2.29. The highest BCUT2D eigenvalue weighted by molar-refractivity contribution is 5.94. The van der Waals surface area contributed by atoms with Crippen LogP contribution in [0, 0.1) is 11.8 Å². The van der Waals surface area contributed by atoms with Crippen molar-refractivity contribution in [3.63, 3.8) is 0 Å². The lowest BCUT2D eigenvalue weighted by Crippen LogP contribution is -2.28. The van der Waals surface area contributed by atoms with Crippen LogP contribution in [0.3, 0.4) is 0 Å². The number of unbranched alkanes of at least 4 members (excludes halogenated alkanes) is 2. The van der Waals surface area contributed by atoms with E-state index in [2.05, 4.69) is 56.3 Å². The number of esters is 2. The van der Waals surface area contributed by atoms with Crippen molar-refractivity contribution in [2.24, 2.45) is 11.8 Å². The van der Waals surface area contributed by atoms with Crippen LogP contribution in [0.2, 0.25) is 0 Å². The van der Waals surface area contributed by atoms with E-state index in [0.717, 1.165) is 17.9 Å². The molecule has 1 saturated carbocycles. The molecule has 208 valence electrons. The first-order valence-electron chi connectivity index (χ1n) is 15.1. The zero-order valence-corrected chi connectivity index (χ0v) is 24.1. The van der Waals surface area contributed by atoms with E-state index in [-0.39, 0.29) is 13.2 Å². The van der Waals surface area contributed by atoms with Gasteiger partial charge in [0.15, 0.2) is 5.92 Å². The number of rotatable bonds is 14. The van der Waals surface area contributed by atoms with Gasteiger partial charge >= 0.3 is 11.9 Å². The summed E-state index contributed by atoms with van der Waals surface area (Å²) in [5.74, 6) is -0.232. The SMILES string of the molecule is CCCCCC1CCC(c2ccc(-c3ccc(CCC(C(=O)OCC)C(=O)OCC)cc3CC)cc2)CC1. The van der Waals surface area contributed by atoms with Crippen molar-refractivity contribution in [3.05, 3.63) is 59.2 Å². The van der Waals surface area contributed by atoms with Crippen molar-refractivity contribution in [1.82, 2.24) is 0 Å². The predicted molar refractivity (Wildman–Crippen MR) is 155 cm³/mol. The zero-order valence-electron chi connectivity index (χ0n) is 24.1. The van der Waals surface area contributed by atoms with Crippen molar-refractivity contribution in [1.29, 1.82) is 0 Å². The molecule has 0 atom stereocenters. The van der Waals surface area contributed by atoms with Gasteiger partial charge in [0.25, 0.3) is 0 Å². The molecule has 38 heavy (non-hydrogen) atoms. The molecule has 4 nitrogen and oxygen atoms in total. The minimum absolute atomic E-state index is 0.253. The molecule has 1 aliphatic carbocycles. The summed E-state index contributed by atoms with van der Waals surface area (Å²) >= 11 is 0. The van der Waals surface area contributed by atoms with Gasteiger partial charge in [0, 0.05) is 0 Å². The van der Waals surface area contributed by atoms with Gasteiger partial charge in [0.1, 0.15) is 0 Å². The summed E-state index contributed by atoms with van der Waals surface area (Å²) in [5.41, 5.74) is 6.40. The van der Waals surface area contributed by atoms with E-state index in [1.54, 1.807) is 13.8 Å². The molecular weight excluding hydrogens is 472 g/mol. The maximum absolute atomic E-state index is 12.3. The van der Waals surface area contributed by atoms with E-state index in [4.69, 9.17) is 9.47 Å². The smallest absolute Gasteiger partial charge is 0.320 e. The Labute approximate surface area is 230 Å². The lowest BCUT2D eigenvalue weighted by molar-refractivity contribution is -0.161. The molecule has 0 N–H and O–H groups in total. The van der Waals surface area contributed by atoms with Crippen molar-refractivity contribution in [2.75, 3.05) is 13.2 Å². The first kappa shape index (κ1) is 29.9. The van der Waals surface area contributed by atoms with Crippen molar-refractivity contribution >= 4 is 11.9 Å². The number of hydrogen-bond acceptors (Lipinski definition) is 4. The van der Waals surface area contributed by atoms with Crippen molar-refractivity contribution < 1.29 is 19.1 Å². The van der Waals surface area contributed by atoms with E-state index in [9.17, 15) is 9.59 Å². The van der Waals surface area contributed by atoms with Crippen molar-refractivity contribution in [3.8, 4) is 11.1 Å². The van der Waals surface area contributed by atoms with Gasteiger partial charge < -0.3 is 9.47 Å². The largest absolute Gasteiger partial charge is 0.465 e. The van der Waals surface area contributed by atoms with E-state index in [1.165, 1.54) is 73.6 Å². The summed E-state index contributed by atoms with van der Waals surface area (Å²) in [6, 6.07) is 15.8. The van der Waals surface area contributed by atoms with Gasteiger partial charge in [-0.3, -0.25) is 9.59 Å². The Hall–Kier alpha value is -2.62. The summed E-state index contributed by atoms with van der Waals surface area (Å²) in [5, 5.41) is 0. The Morgan fingerprint density at radius 3 is 2.08 bits per heavy atom. The van der Waals surface area contributed by atoms with Crippen LogP contribution < -0.4 is 0 Å². The molecule has 0 aromatic heterocycles. The second-order valence-corrected chi connectivity index (χ2v) is 10.8. The molecule has 2 aromatic rings. The highest BCUT2D eigenvalue weighted by Crippen LogP contribution is 2.38. The molecule has 4 heteroatoms. The average molecular weight is 521 g/mol. The normalized spacial score (nSPS) is 17.4. The minimum Gasteiger partial charge on any atom is -0.465 e. The zero-order chi connectivity index (χ0) is 27.3. The minimum atomic E-state index is -0.876. The number of ether oxygens (including phenoxy) is 2. The monoisotopic (exact) mass is 520 g/mol. The van der Waals surface area contributed by atoms with Crippen LogP contribution in [-0.4, -0.2) is 25.2 Å². The highest BCUT2D eigenvalue weighted by Gasteiger charge is 2.29. The lowest BCUT2D eigenvalue weighted by atomic mass is 9.77. The molecule has 0 spiro atoms. The van der Waals surface area contributed by atoms with Crippen LogP contribution in [0.4, 0.5) is 0 Å². The summed E-state index contributed by atoms with van der Waals surface area (Å²) in [6.07, 6.45) is 12.8. The number of carbonyl (C=O) groups is 2. The number of carbonyl (C=O) groups excluding carboxylic acids is 2. The van der Waals surface area contributed by atoms with Gasteiger partial charge in [-0.2, -0.15) is 0 Å². The third-order valence-corrected chi connectivity index (χ3v) is 8.17. The molecule has 3 rings (SSSR count). The second-order valence-electron chi connectivity index (χ2n) is 10.8. The van der Waals surface area contributed by atoms with E-state index in [1.807, 2.05) is 0 Å². The number of benzene rings is 2. The van der Waals surface area contributed by atoms with Crippen molar-refractivity contribution in [2.45, 2.75) is 104 Å². The average Bonchev–Trinajstić information content (AvgIpc) is 2.94. The fourth-order valence-electron chi connectivity index (χ4n) is 5.91. The Kier molecular flexibility index (Phi) is 12.4. The topological polar surface area (TPSA) is 52.6 Å². The summed E-state index contributed by atoms with van der Waals surface area (Å²) < 4.78 is 10.2. The van der Waals surface area contributed by atoms with Crippen LogP contribution >= 0.6 is 0 Å². The van der Waals surface area contributed by atoms with Gasteiger partial charge in [0.2, 0.25) is 0 Å². The maximum Gasteiger partial charge on any atom is 0.320 e. The van der Waals surface area contributed by atoms with Gasteiger partial charge in [0.05, 0.1) is 13.2 Å². The Morgan fingerprint density at radius 1 is 0.842 bits per heavy atom. The van der Waals surface area contributed by atoms with Crippen LogP contribution in [-0.2, 0) is 31.9 Å². The van der Waals surface area contributed by atoms with Crippen LogP contribution in [0.25, 0.3) is 11.1 Å². The first-order valence-corrected chi connectivity index (χ1v) is 15.1. The number of hydrogen-bond donors (Lipinski definition) is 0. The molecule has 0 unspecified atom stereocenters. The van der Waals surface area contributed by atoms with E-state index < -0.39 is 17.9 Å². The molecule has 0 amide bonds. The van der Waals surface area contributed by atoms with Gasteiger partial charge in [-0.25, -0.2) is 0 Å². The van der Waals surface area contributed by atoms with E-state index in [0.29, 0.717) is 18.8 Å². The molecule has 0 radical (unpaired) electrons. The highest BCUT2D eigenvalue weighted by atomic mass is 16.6. The standard InChI is InChI=1S/C34H48O4/c1-5-9-10-11-25-12-16-28(17-13-25)29-18-20-30(21-19-29)31-22-14-26(24-27(31)6-2)15-23-32(33(35)37-7-3)34(36)38-8-4/h14,18-22,24-25,28,32H,5-13,15-17,23H2,1-4H3. The molecule has 0 bridgehead atoms. The number of aryl methyl sites for hydroxylation is 2. The molecule has 0 saturated heterocycles. The molecule has 0 heterocycles. The molecule has 1 aliphatic rings. The summed E-state index contributed by atoms with van der Waals surface area (Å²) in [4.78, 5) is 24.7. The second kappa shape index (κ2) is 15.7. The quantitative estimate of drug-likeness (QED) is 0.142. The molecule has 2 aromatic carbocycles. The Morgan fingerprint density at radius 2 is 1.50 bits per heavy atom. The van der Waals surface area contributed by atoms with Gasteiger partial charge in [-0.05, 0) is 98.4 Å². The third-order valence-electron chi connectivity index (χ3n) is 8.17. The fraction of sp³-hybridized carbons (Fsp3) is 0.588. The van der Waals surface area contributed by atoms with Gasteiger partial charge in [-0.1, -0.05) is 82.0 Å². The predicted octanol–water partition coefficient (Wildman–Crippen LogP) is 8.45. The molecule has 1 fully saturated rings. The molecular formula is C34H48O4. The Balaban J connectivity index is 1.63. The van der Waals surface area contributed by atoms with Gasteiger partial charge in [-0.15, -0.1) is 0 Å². The Bertz CT molecular complexity index is 984. The molecule has 0 aliphatic heterocycles. The van der Waals surface area contributed by atoms with Crippen LogP contribution in [0.15, 0.2) is 42.5 Å². The maximum atomic E-state index is 12.3. The fourth-order valence-corrected chi connectivity index (χ4v) is 5.91.